The van der Waals surface area contributed by atoms with Crippen LogP contribution in [0.1, 0.15) is 41.0 Å². The first-order valence-electron chi connectivity index (χ1n) is 7.76. The van der Waals surface area contributed by atoms with Crippen molar-refractivity contribution in [2.24, 2.45) is 5.14 Å². The highest BCUT2D eigenvalue weighted by Crippen LogP contribution is 2.24. The van der Waals surface area contributed by atoms with Crippen LogP contribution >= 0.6 is 22.9 Å². The molecule has 1 atom stereocenters. The number of hydrogen-bond acceptors (Lipinski definition) is 5. The molecule has 0 fully saturated rings. The van der Waals surface area contributed by atoms with Gasteiger partial charge in [-0.25, -0.2) is 13.6 Å². The minimum atomic E-state index is -3.75. The van der Waals surface area contributed by atoms with E-state index in [0.717, 1.165) is 5.56 Å². The zero-order chi connectivity index (χ0) is 19.5. The average Bonchev–Trinajstić information content (AvgIpc) is 3.04. The molecule has 2 rings (SSSR count). The fraction of sp³-hybridized carbons (Fsp3) is 0.294. The number of halogens is 1. The Bertz CT molecular complexity index is 907. The van der Waals surface area contributed by atoms with Crippen molar-refractivity contribution in [2.45, 2.75) is 30.7 Å². The van der Waals surface area contributed by atoms with E-state index in [1.165, 1.54) is 28.4 Å². The predicted octanol–water partition coefficient (Wildman–Crippen LogP) is 3.23. The Morgan fingerprint density at radius 1 is 1.15 bits per heavy atom. The molecule has 1 amide bonds. The Labute approximate surface area is 161 Å². The quantitative estimate of drug-likeness (QED) is 0.703. The summed E-state index contributed by atoms with van der Waals surface area (Å²) < 4.78 is 23.1. The van der Waals surface area contributed by atoms with Gasteiger partial charge in [-0.05, 0) is 36.8 Å². The van der Waals surface area contributed by atoms with E-state index in [4.69, 9.17) is 16.7 Å². The number of nitrogens with zero attached hydrogens (tertiary/aromatic N) is 1. The Morgan fingerprint density at radius 2 is 1.77 bits per heavy atom. The fourth-order valence-corrected chi connectivity index (χ4v) is 3.89. The summed E-state index contributed by atoms with van der Waals surface area (Å²) in [6, 6.07) is 9.08. The van der Waals surface area contributed by atoms with E-state index in [9.17, 15) is 18.0 Å². The van der Waals surface area contributed by atoms with Crippen LogP contribution in [0, 0.1) is 0 Å². The molecule has 0 radical (unpaired) electrons. The Hall–Kier alpha value is -1.74. The van der Waals surface area contributed by atoms with Crippen LogP contribution in [0.15, 0.2) is 41.3 Å². The number of nitrogens with two attached hydrogens (primary N) is 1. The van der Waals surface area contributed by atoms with Crippen LogP contribution in [0.2, 0.25) is 4.34 Å². The molecule has 0 aliphatic rings. The van der Waals surface area contributed by atoms with Gasteiger partial charge in [-0.2, -0.15) is 0 Å². The van der Waals surface area contributed by atoms with Crippen molar-refractivity contribution in [2.75, 3.05) is 7.05 Å². The molecule has 0 aliphatic heterocycles. The number of primary sulfonamides is 1. The van der Waals surface area contributed by atoms with Crippen LogP contribution in [0.4, 0.5) is 0 Å². The van der Waals surface area contributed by atoms with Gasteiger partial charge < -0.3 is 4.90 Å². The number of thiophene rings is 1. The number of ketones is 1. The standard InChI is InChI=1S/C17H19ClN2O4S2/c1-11(12-3-5-13(6-4-12)26(19,23)24)20(2)17(22)10-7-14(21)15-8-9-16(18)25-15/h3-6,8-9,11H,7,10H2,1-2H3,(H2,19,23,24). The third-order valence-corrected chi connectivity index (χ3v) is 6.28. The lowest BCUT2D eigenvalue weighted by Gasteiger charge is -2.25. The second-order valence-corrected chi connectivity index (χ2v) is 9.10. The molecular weight excluding hydrogens is 396 g/mol. The van der Waals surface area contributed by atoms with E-state index >= 15 is 0 Å². The Morgan fingerprint density at radius 3 is 2.27 bits per heavy atom. The minimum Gasteiger partial charge on any atom is -0.339 e. The smallest absolute Gasteiger partial charge is 0.238 e. The second-order valence-electron chi connectivity index (χ2n) is 5.82. The second kappa shape index (κ2) is 8.30. The van der Waals surface area contributed by atoms with Gasteiger partial charge in [0, 0.05) is 19.9 Å². The van der Waals surface area contributed by atoms with Crippen LogP contribution < -0.4 is 5.14 Å². The summed E-state index contributed by atoms with van der Waals surface area (Å²) in [4.78, 5) is 26.5. The number of carbonyl (C=O) groups excluding carboxylic acids is 2. The number of rotatable bonds is 7. The summed E-state index contributed by atoms with van der Waals surface area (Å²) in [6.45, 7) is 1.82. The molecule has 0 saturated heterocycles. The van der Waals surface area contributed by atoms with Crippen LogP contribution in [-0.2, 0) is 14.8 Å². The molecule has 0 saturated carbocycles. The maximum absolute atomic E-state index is 12.4. The highest BCUT2D eigenvalue weighted by atomic mass is 35.5. The van der Waals surface area contributed by atoms with Crippen molar-refractivity contribution in [3.63, 3.8) is 0 Å². The molecule has 0 aliphatic carbocycles. The number of hydrogen-bond donors (Lipinski definition) is 1. The SMILES string of the molecule is CC(c1ccc(S(N)(=O)=O)cc1)N(C)C(=O)CCC(=O)c1ccc(Cl)s1. The lowest BCUT2D eigenvalue weighted by molar-refractivity contribution is -0.131. The van der Waals surface area contributed by atoms with E-state index in [2.05, 4.69) is 0 Å². The van der Waals surface area contributed by atoms with Crippen LogP contribution in [0.5, 0.6) is 0 Å². The van der Waals surface area contributed by atoms with Crippen molar-refractivity contribution < 1.29 is 18.0 Å². The van der Waals surface area contributed by atoms with E-state index < -0.39 is 10.0 Å². The third-order valence-electron chi connectivity index (χ3n) is 4.08. The Balaban J connectivity index is 1.97. The molecule has 0 bridgehead atoms. The van der Waals surface area contributed by atoms with Crippen LogP contribution in [-0.4, -0.2) is 32.1 Å². The largest absolute Gasteiger partial charge is 0.339 e. The van der Waals surface area contributed by atoms with Crippen molar-refractivity contribution in [1.29, 1.82) is 0 Å². The van der Waals surface area contributed by atoms with Crippen molar-refractivity contribution in [3.8, 4) is 0 Å². The molecule has 0 spiro atoms. The Kier molecular flexibility index (Phi) is 6.57. The molecule has 2 N–H and O–H groups in total. The van der Waals surface area contributed by atoms with Gasteiger partial charge in [0.15, 0.2) is 5.78 Å². The molecule has 1 heterocycles. The number of carbonyl (C=O) groups is 2. The monoisotopic (exact) mass is 414 g/mol. The van der Waals surface area contributed by atoms with E-state index in [-0.39, 0.29) is 35.5 Å². The van der Waals surface area contributed by atoms with Gasteiger partial charge in [-0.15, -0.1) is 11.3 Å². The first-order valence-corrected chi connectivity index (χ1v) is 10.5. The number of Topliss-reactive ketones (excluding diaryl/α,β-unsaturated/α-hetero) is 1. The maximum atomic E-state index is 12.4. The molecule has 26 heavy (non-hydrogen) atoms. The molecule has 9 heteroatoms. The molecular formula is C17H19ClN2O4S2. The summed E-state index contributed by atoms with van der Waals surface area (Å²) in [5.41, 5.74) is 0.768. The van der Waals surface area contributed by atoms with Gasteiger partial charge in [0.1, 0.15) is 0 Å². The summed E-state index contributed by atoms with van der Waals surface area (Å²) in [5.74, 6) is -0.294. The zero-order valence-corrected chi connectivity index (χ0v) is 16.7. The molecule has 140 valence electrons. The van der Waals surface area contributed by atoms with E-state index in [1.807, 2.05) is 6.92 Å². The summed E-state index contributed by atoms with van der Waals surface area (Å²) >= 11 is 7.01. The van der Waals surface area contributed by atoms with Gasteiger partial charge in [-0.3, -0.25) is 9.59 Å². The predicted molar refractivity (Wildman–Crippen MR) is 102 cm³/mol. The normalized spacial score (nSPS) is 12.6. The fourth-order valence-electron chi connectivity index (χ4n) is 2.36. The van der Waals surface area contributed by atoms with Gasteiger partial charge in [0.2, 0.25) is 15.9 Å². The summed E-state index contributed by atoms with van der Waals surface area (Å²) in [7, 11) is -2.11. The molecule has 6 nitrogen and oxygen atoms in total. The van der Waals surface area contributed by atoms with E-state index in [0.29, 0.717) is 9.21 Å². The van der Waals surface area contributed by atoms with Crippen molar-refractivity contribution >= 4 is 44.7 Å². The van der Waals surface area contributed by atoms with Crippen LogP contribution in [0.3, 0.4) is 0 Å². The van der Waals surface area contributed by atoms with Gasteiger partial charge in [0.05, 0.1) is 20.2 Å². The topological polar surface area (TPSA) is 97.5 Å². The average molecular weight is 415 g/mol. The third kappa shape index (κ3) is 5.14. The molecule has 1 aromatic heterocycles. The first kappa shape index (κ1) is 20.6. The molecule has 1 aromatic carbocycles. The number of sulfonamides is 1. The van der Waals surface area contributed by atoms with Crippen molar-refractivity contribution in [3.05, 3.63) is 51.2 Å². The first-order chi connectivity index (χ1) is 12.1. The van der Waals surface area contributed by atoms with Gasteiger partial charge in [0.25, 0.3) is 0 Å². The maximum Gasteiger partial charge on any atom is 0.238 e. The van der Waals surface area contributed by atoms with E-state index in [1.54, 1.807) is 31.3 Å². The highest BCUT2D eigenvalue weighted by Gasteiger charge is 2.19. The lowest BCUT2D eigenvalue weighted by Crippen LogP contribution is -2.29. The number of benzene rings is 1. The molecule has 1 unspecified atom stereocenters. The minimum absolute atomic E-state index is 0.0163. The summed E-state index contributed by atoms with van der Waals surface area (Å²) in [6.07, 6.45) is 0.196. The van der Waals surface area contributed by atoms with Gasteiger partial charge in [-0.1, -0.05) is 23.7 Å². The van der Waals surface area contributed by atoms with Crippen LogP contribution in [0.25, 0.3) is 0 Å². The zero-order valence-electron chi connectivity index (χ0n) is 14.3. The van der Waals surface area contributed by atoms with Crippen molar-refractivity contribution in [1.82, 2.24) is 4.90 Å². The summed E-state index contributed by atoms with van der Waals surface area (Å²) in [5, 5.41) is 5.08. The van der Waals surface area contributed by atoms with Gasteiger partial charge >= 0.3 is 0 Å². The lowest BCUT2D eigenvalue weighted by atomic mass is 10.1. The number of amides is 1. The molecule has 2 aromatic rings. The highest BCUT2D eigenvalue weighted by molar-refractivity contribution is 7.89.